The number of amides is 2. The molecule has 1 aliphatic carbocycles. The third-order valence-corrected chi connectivity index (χ3v) is 11.5. The van der Waals surface area contributed by atoms with Crippen molar-refractivity contribution in [1.29, 1.82) is 0 Å². The molecule has 3 aromatic rings. The monoisotopic (exact) mass is 623 g/mol. The lowest BCUT2D eigenvalue weighted by molar-refractivity contribution is -0.130. The smallest absolute Gasteiger partial charge is 0.264 e. The van der Waals surface area contributed by atoms with Gasteiger partial charge in [0.25, 0.3) is 15.9 Å². The number of halogens is 2. The first-order valence-corrected chi connectivity index (χ1v) is 16.5. The van der Waals surface area contributed by atoms with Gasteiger partial charge < -0.3 is 10.2 Å². The van der Waals surface area contributed by atoms with Crippen molar-refractivity contribution in [3.63, 3.8) is 0 Å². The SMILES string of the molecule is CC(=O)N1CCC2(CC1)c1cc(C(=O)NC3(c4ccc(Cl)cc4)CC3)ccc1N(S(=O)(=O)c1ccc(F)cc1)C2C(C)C. The molecular weight excluding hydrogens is 589 g/mol. The molecule has 43 heavy (non-hydrogen) atoms. The van der Waals surface area contributed by atoms with Crippen LogP contribution in [0.15, 0.2) is 71.6 Å². The van der Waals surface area contributed by atoms with E-state index in [1.54, 1.807) is 24.0 Å². The molecule has 3 aromatic carbocycles. The van der Waals surface area contributed by atoms with Crippen molar-refractivity contribution in [2.45, 2.75) is 68.3 Å². The zero-order valence-electron chi connectivity index (χ0n) is 24.4. The van der Waals surface area contributed by atoms with E-state index in [1.165, 1.54) is 16.4 Å². The number of hydrogen-bond acceptors (Lipinski definition) is 4. The van der Waals surface area contributed by atoms with Crippen LogP contribution in [0.3, 0.4) is 0 Å². The van der Waals surface area contributed by atoms with Crippen LogP contribution >= 0.6 is 11.6 Å². The Hall–Kier alpha value is -3.43. The number of hydrogen-bond donors (Lipinski definition) is 1. The third-order valence-electron chi connectivity index (χ3n) is 9.45. The van der Waals surface area contributed by atoms with E-state index in [4.69, 9.17) is 11.6 Å². The van der Waals surface area contributed by atoms with E-state index < -0.39 is 32.8 Å². The molecule has 2 heterocycles. The van der Waals surface area contributed by atoms with Crippen LogP contribution in [-0.4, -0.2) is 44.3 Å². The van der Waals surface area contributed by atoms with Crippen molar-refractivity contribution in [1.82, 2.24) is 10.2 Å². The molecule has 10 heteroatoms. The Bertz CT molecular complexity index is 1680. The quantitative estimate of drug-likeness (QED) is 0.364. The first kappa shape index (κ1) is 29.6. The first-order chi connectivity index (χ1) is 20.4. The summed E-state index contributed by atoms with van der Waals surface area (Å²) in [5.74, 6) is -0.858. The zero-order chi connectivity index (χ0) is 30.7. The molecule has 1 unspecified atom stereocenters. The van der Waals surface area contributed by atoms with Crippen molar-refractivity contribution in [3.05, 3.63) is 94.3 Å². The van der Waals surface area contributed by atoms with E-state index in [-0.39, 0.29) is 22.6 Å². The fraction of sp³-hybridized carbons (Fsp3) is 0.394. The van der Waals surface area contributed by atoms with Crippen molar-refractivity contribution < 1.29 is 22.4 Å². The summed E-state index contributed by atoms with van der Waals surface area (Å²) in [6.07, 6.45) is 2.74. The Morgan fingerprint density at radius 2 is 1.58 bits per heavy atom. The molecule has 1 spiro atoms. The second-order valence-electron chi connectivity index (χ2n) is 12.4. The minimum Gasteiger partial charge on any atom is -0.343 e. The van der Waals surface area contributed by atoms with Gasteiger partial charge in [-0.2, -0.15) is 0 Å². The summed E-state index contributed by atoms with van der Waals surface area (Å²) >= 11 is 6.09. The molecule has 0 aromatic heterocycles. The Labute approximate surface area is 257 Å². The molecule has 3 aliphatic rings. The van der Waals surface area contributed by atoms with Crippen LogP contribution in [0, 0.1) is 11.7 Å². The van der Waals surface area contributed by atoms with E-state index in [0.29, 0.717) is 42.2 Å². The molecule has 0 radical (unpaired) electrons. The van der Waals surface area contributed by atoms with Gasteiger partial charge in [-0.15, -0.1) is 0 Å². The van der Waals surface area contributed by atoms with E-state index >= 15 is 0 Å². The Morgan fingerprint density at radius 3 is 2.14 bits per heavy atom. The lowest BCUT2D eigenvalue weighted by Gasteiger charge is -2.46. The molecule has 1 saturated carbocycles. The number of carbonyl (C=O) groups excluding carboxylic acids is 2. The van der Waals surface area contributed by atoms with Gasteiger partial charge in [-0.05, 0) is 97.3 Å². The third kappa shape index (κ3) is 5.00. The lowest BCUT2D eigenvalue weighted by Crippen LogP contribution is -2.55. The van der Waals surface area contributed by atoms with Crippen molar-refractivity contribution in [2.24, 2.45) is 5.92 Å². The Balaban J connectivity index is 1.43. The maximum Gasteiger partial charge on any atom is 0.264 e. The summed E-state index contributed by atoms with van der Waals surface area (Å²) < 4.78 is 43.8. The molecule has 2 amide bonds. The van der Waals surface area contributed by atoms with Gasteiger partial charge in [0.2, 0.25) is 5.91 Å². The maximum absolute atomic E-state index is 14.3. The van der Waals surface area contributed by atoms with Gasteiger partial charge >= 0.3 is 0 Å². The van der Waals surface area contributed by atoms with Crippen molar-refractivity contribution in [2.75, 3.05) is 17.4 Å². The number of benzene rings is 3. The second-order valence-corrected chi connectivity index (χ2v) is 14.6. The van der Waals surface area contributed by atoms with E-state index in [0.717, 1.165) is 36.1 Å². The summed E-state index contributed by atoms with van der Waals surface area (Å²) in [6, 6.07) is 17.2. The molecule has 226 valence electrons. The zero-order valence-corrected chi connectivity index (χ0v) is 26.0. The fourth-order valence-electron chi connectivity index (χ4n) is 7.16. The van der Waals surface area contributed by atoms with Crippen LogP contribution in [0.4, 0.5) is 10.1 Å². The number of nitrogens with one attached hydrogen (secondary N) is 1. The molecule has 2 fully saturated rings. The summed E-state index contributed by atoms with van der Waals surface area (Å²) in [7, 11) is -4.08. The van der Waals surface area contributed by atoms with Crippen LogP contribution in [-0.2, 0) is 25.8 Å². The predicted octanol–water partition coefficient (Wildman–Crippen LogP) is 6.01. The summed E-state index contributed by atoms with van der Waals surface area (Å²) in [4.78, 5) is 27.8. The molecule has 1 atom stereocenters. The summed E-state index contributed by atoms with van der Waals surface area (Å²) in [6.45, 7) is 6.51. The van der Waals surface area contributed by atoms with Crippen LogP contribution in [0.5, 0.6) is 0 Å². The number of sulfonamides is 1. The maximum atomic E-state index is 14.3. The van der Waals surface area contributed by atoms with Gasteiger partial charge in [0.05, 0.1) is 22.2 Å². The second kappa shape index (κ2) is 10.6. The number of piperidine rings is 1. The average Bonchev–Trinajstić information content (AvgIpc) is 3.70. The van der Waals surface area contributed by atoms with Crippen LogP contribution in [0.1, 0.15) is 67.9 Å². The highest BCUT2D eigenvalue weighted by Crippen LogP contribution is 2.55. The topological polar surface area (TPSA) is 86.8 Å². The van der Waals surface area contributed by atoms with Gasteiger partial charge in [0.15, 0.2) is 0 Å². The molecular formula is C33H35ClFN3O4S. The first-order valence-electron chi connectivity index (χ1n) is 14.7. The number of nitrogens with zero attached hydrogens (tertiary/aromatic N) is 2. The van der Waals surface area contributed by atoms with Gasteiger partial charge in [0, 0.05) is 36.0 Å². The Kier molecular flexibility index (Phi) is 7.32. The standard InChI is InChI=1S/C33H35ClFN3O4S/c1-21(2)30-32(16-18-37(19-17-32)22(3)39)28-20-23(31(40)36-33(14-15-33)24-5-7-25(34)8-6-24)4-13-29(28)38(30)43(41,42)27-11-9-26(35)10-12-27/h4-13,20-21,30H,14-19H2,1-3H3,(H,36,40). The molecule has 1 saturated heterocycles. The molecule has 1 N–H and O–H groups in total. The van der Waals surface area contributed by atoms with Crippen LogP contribution in [0.2, 0.25) is 5.02 Å². The number of rotatable bonds is 6. The van der Waals surface area contributed by atoms with E-state index in [2.05, 4.69) is 5.32 Å². The molecule has 0 bridgehead atoms. The normalized spacial score (nSPS) is 20.3. The van der Waals surface area contributed by atoms with E-state index in [1.807, 2.05) is 44.2 Å². The van der Waals surface area contributed by atoms with E-state index in [9.17, 15) is 22.4 Å². The van der Waals surface area contributed by atoms with Crippen molar-refractivity contribution in [3.8, 4) is 0 Å². The van der Waals surface area contributed by atoms with Gasteiger partial charge in [-0.3, -0.25) is 13.9 Å². The minimum atomic E-state index is -4.08. The number of fused-ring (bicyclic) bond motifs is 2. The molecule has 2 aliphatic heterocycles. The highest BCUT2D eigenvalue weighted by Gasteiger charge is 2.57. The highest BCUT2D eigenvalue weighted by atomic mass is 35.5. The lowest BCUT2D eigenvalue weighted by atomic mass is 9.66. The Morgan fingerprint density at radius 1 is 0.953 bits per heavy atom. The highest BCUT2D eigenvalue weighted by molar-refractivity contribution is 7.92. The van der Waals surface area contributed by atoms with Gasteiger partial charge in [-0.1, -0.05) is 37.6 Å². The number of carbonyl (C=O) groups is 2. The minimum absolute atomic E-state index is 0.00387. The number of anilines is 1. The summed E-state index contributed by atoms with van der Waals surface area (Å²) in [5.41, 5.74) is 1.70. The fourth-order valence-corrected chi connectivity index (χ4v) is 9.16. The summed E-state index contributed by atoms with van der Waals surface area (Å²) in [5, 5.41) is 3.86. The van der Waals surface area contributed by atoms with Gasteiger partial charge in [0.1, 0.15) is 5.82 Å². The predicted molar refractivity (Wildman–Crippen MR) is 164 cm³/mol. The van der Waals surface area contributed by atoms with Crippen LogP contribution < -0.4 is 9.62 Å². The van der Waals surface area contributed by atoms with Crippen molar-refractivity contribution >= 4 is 39.1 Å². The molecule has 7 nitrogen and oxygen atoms in total. The average molecular weight is 624 g/mol. The largest absolute Gasteiger partial charge is 0.343 e. The van der Waals surface area contributed by atoms with Crippen LogP contribution in [0.25, 0.3) is 0 Å². The molecule has 6 rings (SSSR count). The number of likely N-dealkylation sites (tertiary alicyclic amines) is 1. The van der Waals surface area contributed by atoms with Gasteiger partial charge in [-0.25, -0.2) is 12.8 Å².